The Balaban J connectivity index is 2.31. The SMILES string of the molecule is N#Cc1cncc(C#Cc2ccc(F)c(O)c2)c1. The third kappa shape index (κ3) is 2.63. The van der Waals surface area contributed by atoms with E-state index in [1.807, 2.05) is 6.07 Å². The molecule has 2 rings (SSSR count). The van der Waals surface area contributed by atoms with Gasteiger partial charge in [0, 0.05) is 23.5 Å². The van der Waals surface area contributed by atoms with Crippen LogP contribution < -0.4 is 0 Å². The maximum Gasteiger partial charge on any atom is 0.164 e. The molecule has 1 N–H and O–H groups in total. The number of pyridine rings is 1. The van der Waals surface area contributed by atoms with Crippen molar-refractivity contribution in [2.45, 2.75) is 0 Å². The zero-order valence-corrected chi connectivity index (χ0v) is 9.18. The maximum atomic E-state index is 12.8. The number of rotatable bonds is 0. The molecule has 0 aliphatic heterocycles. The van der Waals surface area contributed by atoms with Crippen LogP contribution in [0.3, 0.4) is 0 Å². The molecule has 1 heterocycles. The Morgan fingerprint density at radius 1 is 1.06 bits per heavy atom. The smallest absolute Gasteiger partial charge is 0.164 e. The van der Waals surface area contributed by atoms with Gasteiger partial charge in [-0.25, -0.2) is 4.39 Å². The first-order valence-electron chi connectivity index (χ1n) is 5.05. The second-order valence-electron chi connectivity index (χ2n) is 3.49. The fourth-order valence-corrected chi connectivity index (χ4v) is 1.30. The van der Waals surface area contributed by atoms with Gasteiger partial charge in [0.25, 0.3) is 0 Å². The predicted molar refractivity (Wildman–Crippen MR) is 63.0 cm³/mol. The van der Waals surface area contributed by atoms with Crippen molar-refractivity contribution in [2.24, 2.45) is 0 Å². The van der Waals surface area contributed by atoms with Gasteiger partial charge in [0.05, 0.1) is 5.56 Å². The molecule has 0 fully saturated rings. The summed E-state index contributed by atoms with van der Waals surface area (Å²) in [6.07, 6.45) is 2.96. The van der Waals surface area contributed by atoms with Crippen LogP contribution in [0.15, 0.2) is 36.7 Å². The Kier molecular flexibility index (Phi) is 3.22. The average molecular weight is 238 g/mol. The van der Waals surface area contributed by atoms with E-state index in [0.29, 0.717) is 16.7 Å². The third-order valence-corrected chi connectivity index (χ3v) is 2.16. The molecule has 18 heavy (non-hydrogen) atoms. The molecule has 0 spiro atoms. The lowest BCUT2D eigenvalue weighted by atomic mass is 10.2. The van der Waals surface area contributed by atoms with Gasteiger partial charge >= 0.3 is 0 Å². The first kappa shape index (κ1) is 11.6. The molecule has 0 saturated carbocycles. The molecule has 1 aromatic carbocycles. The van der Waals surface area contributed by atoms with E-state index in [1.165, 1.54) is 24.5 Å². The minimum absolute atomic E-state index is 0.420. The number of phenols is 1. The minimum Gasteiger partial charge on any atom is -0.505 e. The van der Waals surface area contributed by atoms with Gasteiger partial charge in [-0.15, -0.1) is 0 Å². The largest absolute Gasteiger partial charge is 0.505 e. The van der Waals surface area contributed by atoms with Crippen molar-refractivity contribution in [3.05, 3.63) is 59.2 Å². The Hall–Kier alpha value is -2.85. The number of hydrogen-bond donors (Lipinski definition) is 1. The van der Waals surface area contributed by atoms with Gasteiger partial charge in [0.2, 0.25) is 0 Å². The van der Waals surface area contributed by atoms with Crippen LogP contribution in [0.1, 0.15) is 16.7 Å². The van der Waals surface area contributed by atoms with Crippen LogP contribution >= 0.6 is 0 Å². The topological polar surface area (TPSA) is 56.9 Å². The summed E-state index contributed by atoms with van der Waals surface area (Å²) >= 11 is 0. The molecule has 0 amide bonds. The normalized spacial score (nSPS) is 9.11. The molecule has 86 valence electrons. The number of nitrogens with zero attached hydrogens (tertiary/aromatic N) is 2. The molecule has 0 atom stereocenters. The summed E-state index contributed by atoms with van der Waals surface area (Å²) in [4.78, 5) is 3.87. The van der Waals surface area contributed by atoms with E-state index in [0.717, 1.165) is 6.07 Å². The van der Waals surface area contributed by atoms with E-state index >= 15 is 0 Å². The summed E-state index contributed by atoms with van der Waals surface area (Å²) < 4.78 is 12.8. The molecular weight excluding hydrogens is 231 g/mol. The second-order valence-corrected chi connectivity index (χ2v) is 3.49. The molecule has 0 aliphatic carbocycles. The second kappa shape index (κ2) is 4.99. The zero-order chi connectivity index (χ0) is 13.0. The van der Waals surface area contributed by atoms with Gasteiger partial charge in [-0.1, -0.05) is 11.8 Å². The monoisotopic (exact) mass is 238 g/mol. The van der Waals surface area contributed by atoms with E-state index in [1.54, 1.807) is 6.07 Å². The highest BCUT2D eigenvalue weighted by Crippen LogP contribution is 2.15. The van der Waals surface area contributed by atoms with E-state index < -0.39 is 11.6 Å². The molecule has 4 heteroatoms. The van der Waals surface area contributed by atoms with Crippen molar-refractivity contribution in [1.82, 2.24) is 4.98 Å². The van der Waals surface area contributed by atoms with Crippen molar-refractivity contribution in [1.29, 1.82) is 5.26 Å². The highest BCUT2D eigenvalue weighted by atomic mass is 19.1. The standard InChI is InChI=1S/C14H7FN2O/c15-13-4-3-10(6-14(13)18)1-2-11-5-12(7-16)9-17-8-11/h3-6,8-9,18H. The Morgan fingerprint density at radius 2 is 1.78 bits per heavy atom. The van der Waals surface area contributed by atoms with Crippen molar-refractivity contribution in [3.63, 3.8) is 0 Å². The lowest BCUT2D eigenvalue weighted by molar-refractivity contribution is 0.432. The first-order chi connectivity index (χ1) is 8.69. The van der Waals surface area contributed by atoms with Gasteiger partial charge in [-0.05, 0) is 24.3 Å². The summed E-state index contributed by atoms with van der Waals surface area (Å²) in [6, 6.07) is 7.41. The van der Waals surface area contributed by atoms with Gasteiger partial charge in [-0.2, -0.15) is 5.26 Å². The number of nitriles is 1. The Bertz CT molecular complexity index is 693. The summed E-state index contributed by atoms with van der Waals surface area (Å²) in [6.45, 7) is 0. The molecular formula is C14H7FN2O. The van der Waals surface area contributed by atoms with Crippen LogP contribution in [-0.2, 0) is 0 Å². The molecule has 0 unspecified atom stereocenters. The lowest BCUT2D eigenvalue weighted by Crippen LogP contribution is -1.82. The fraction of sp³-hybridized carbons (Fsp3) is 0. The van der Waals surface area contributed by atoms with Crippen LogP contribution in [0, 0.1) is 29.0 Å². The Morgan fingerprint density at radius 3 is 2.50 bits per heavy atom. The molecule has 1 aromatic heterocycles. The van der Waals surface area contributed by atoms with Crippen LogP contribution in [0.2, 0.25) is 0 Å². The predicted octanol–water partition coefficient (Wildman–Crippen LogP) is 2.20. The number of phenolic OH excluding ortho intramolecular Hbond substituents is 1. The van der Waals surface area contributed by atoms with Crippen LogP contribution in [0.4, 0.5) is 4.39 Å². The zero-order valence-electron chi connectivity index (χ0n) is 9.18. The molecule has 2 aromatic rings. The number of halogens is 1. The van der Waals surface area contributed by atoms with E-state index in [4.69, 9.17) is 5.26 Å². The molecule has 3 nitrogen and oxygen atoms in total. The number of aromatic nitrogens is 1. The van der Waals surface area contributed by atoms with Crippen LogP contribution in [0.5, 0.6) is 5.75 Å². The van der Waals surface area contributed by atoms with Gasteiger partial charge in [-0.3, -0.25) is 4.98 Å². The van der Waals surface area contributed by atoms with Crippen molar-refractivity contribution in [2.75, 3.05) is 0 Å². The van der Waals surface area contributed by atoms with E-state index in [9.17, 15) is 9.50 Å². The first-order valence-corrected chi connectivity index (χ1v) is 5.05. The number of aromatic hydroxyl groups is 1. The van der Waals surface area contributed by atoms with Gasteiger partial charge in [0.1, 0.15) is 6.07 Å². The van der Waals surface area contributed by atoms with E-state index in [2.05, 4.69) is 16.8 Å². The fourth-order valence-electron chi connectivity index (χ4n) is 1.30. The average Bonchev–Trinajstić information content (AvgIpc) is 2.40. The summed E-state index contributed by atoms with van der Waals surface area (Å²) in [7, 11) is 0. The van der Waals surface area contributed by atoms with Gasteiger partial charge in [0.15, 0.2) is 11.6 Å². The van der Waals surface area contributed by atoms with E-state index in [-0.39, 0.29) is 0 Å². The summed E-state index contributed by atoms with van der Waals surface area (Å²) in [5.74, 6) is 4.41. The molecule has 0 saturated heterocycles. The minimum atomic E-state index is -0.686. The summed E-state index contributed by atoms with van der Waals surface area (Å²) in [5.41, 5.74) is 1.48. The Labute approximate surface area is 103 Å². The van der Waals surface area contributed by atoms with Gasteiger partial charge < -0.3 is 5.11 Å². The lowest BCUT2D eigenvalue weighted by Gasteiger charge is -1.95. The summed E-state index contributed by atoms with van der Waals surface area (Å²) in [5, 5.41) is 17.9. The number of hydrogen-bond acceptors (Lipinski definition) is 3. The third-order valence-electron chi connectivity index (χ3n) is 2.16. The quantitative estimate of drug-likeness (QED) is 0.716. The maximum absolute atomic E-state index is 12.8. The molecule has 0 bridgehead atoms. The van der Waals surface area contributed by atoms with Crippen LogP contribution in [0.25, 0.3) is 0 Å². The van der Waals surface area contributed by atoms with Crippen molar-refractivity contribution in [3.8, 4) is 23.7 Å². The molecule has 0 aliphatic rings. The van der Waals surface area contributed by atoms with Crippen molar-refractivity contribution < 1.29 is 9.50 Å². The number of benzene rings is 1. The highest BCUT2D eigenvalue weighted by molar-refractivity contribution is 5.46. The van der Waals surface area contributed by atoms with Crippen molar-refractivity contribution >= 4 is 0 Å². The van der Waals surface area contributed by atoms with Crippen LogP contribution in [-0.4, -0.2) is 10.1 Å². The highest BCUT2D eigenvalue weighted by Gasteiger charge is 1.99. The molecule has 0 radical (unpaired) electrons.